The Labute approximate surface area is 510 Å². The van der Waals surface area contributed by atoms with Crippen LogP contribution in [0.1, 0.15) is 180 Å². The number of aryl methyl sites for hydroxylation is 14. The fourth-order valence-corrected chi connectivity index (χ4v) is 9.20. The van der Waals surface area contributed by atoms with Crippen LogP contribution in [0.5, 0.6) is 0 Å². The molecular formula is C74H100N4+4. The molecular weight excluding hydrogens is 945 g/mol. The van der Waals surface area contributed by atoms with Gasteiger partial charge in [0.1, 0.15) is 28.2 Å². The first kappa shape index (κ1) is 35.2. The van der Waals surface area contributed by atoms with E-state index in [1.807, 2.05) is 114 Å². The number of benzene rings is 4. The van der Waals surface area contributed by atoms with Gasteiger partial charge in [0, 0.05) is 104 Å². The summed E-state index contributed by atoms with van der Waals surface area (Å²) in [6.07, 6.45) is 2.09. The lowest BCUT2D eigenvalue weighted by molar-refractivity contribution is -0.661. The number of pyridine rings is 4. The minimum Gasteiger partial charge on any atom is -0.201 e. The van der Waals surface area contributed by atoms with Crippen molar-refractivity contribution in [1.29, 1.82) is 0 Å². The van der Waals surface area contributed by atoms with E-state index in [0.717, 1.165) is 61.6 Å². The van der Waals surface area contributed by atoms with E-state index >= 15 is 0 Å². The zero-order valence-electron chi connectivity index (χ0n) is 74.1. The first-order chi connectivity index (χ1) is 46.4. The molecule has 0 aliphatic heterocycles. The van der Waals surface area contributed by atoms with Gasteiger partial charge in [-0.2, -0.15) is 0 Å². The maximum absolute atomic E-state index is 8.67. The molecule has 1 unspecified atom stereocenters. The van der Waals surface area contributed by atoms with Gasteiger partial charge in [-0.1, -0.05) is 133 Å². The third-order valence-corrected chi connectivity index (χ3v) is 12.9. The lowest BCUT2D eigenvalue weighted by Crippen LogP contribution is -2.32. The molecule has 0 radical (unpaired) electrons. The lowest BCUT2D eigenvalue weighted by Gasteiger charge is -2.19. The van der Waals surface area contributed by atoms with E-state index in [0.29, 0.717) is 39.1 Å². The Balaban J connectivity index is 0.000000248. The monoisotopic (exact) mass is 1070 g/mol. The molecule has 8 aromatic rings. The van der Waals surface area contributed by atoms with Gasteiger partial charge in [-0.05, 0) is 180 Å². The Morgan fingerprint density at radius 3 is 1.29 bits per heavy atom. The van der Waals surface area contributed by atoms with Gasteiger partial charge < -0.3 is 0 Å². The van der Waals surface area contributed by atoms with Gasteiger partial charge in [0.15, 0.2) is 24.8 Å². The maximum Gasteiger partial charge on any atom is 0.212 e. The Morgan fingerprint density at radius 2 is 0.872 bits per heavy atom. The van der Waals surface area contributed by atoms with Crippen molar-refractivity contribution in [1.82, 2.24) is 0 Å². The summed E-state index contributed by atoms with van der Waals surface area (Å²) < 4.78 is 203. The Hall–Kier alpha value is -6.52. The predicted octanol–water partition coefficient (Wildman–Crippen LogP) is 16.9. The highest BCUT2D eigenvalue weighted by molar-refractivity contribution is 5.65. The molecule has 0 amide bonds. The number of aromatic nitrogens is 4. The summed E-state index contributed by atoms with van der Waals surface area (Å²) in [6.45, 7) is 9.77. The van der Waals surface area contributed by atoms with Crippen molar-refractivity contribution in [3.8, 4) is 45.0 Å². The van der Waals surface area contributed by atoms with E-state index in [4.69, 9.17) is 34.3 Å². The van der Waals surface area contributed by atoms with Crippen LogP contribution in [0, 0.1) is 86.1 Å². The van der Waals surface area contributed by atoms with Crippen molar-refractivity contribution in [2.75, 3.05) is 0 Å². The summed E-state index contributed by atoms with van der Waals surface area (Å²) in [5.74, 6) is -1.98. The van der Waals surface area contributed by atoms with E-state index < -0.39 is 71.5 Å². The van der Waals surface area contributed by atoms with E-state index in [-0.39, 0.29) is 34.1 Å². The van der Waals surface area contributed by atoms with Crippen LogP contribution in [0.3, 0.4) is 0 Å². The van der Waals surface area contributed by atoms with Crippen molar-refractivity contribution >= 4 is 0 Å². The molecule has 0 aliphatic carbocycles. The SMILES string of the molecule is [2H]C([2H])([2H])c1ccc(-c2cc(C([2H])([2H])C(C)(C)C)c(C([2H])([2H])[2H])c[n+]2C)c(C)c1.[2H]C([2H])([2H])c1ccc(-c2cc(C([2H])([2H])C(C)C)cc[n+]2C)c(C)c1.[2H]C([2H])([2H])c1ccc(-c2cc(C)c(C([2H])(C)C([2H])([2H])[2H])c[n+]2C)c(C)c1.[2H]C([2H])([2H])c1ccc(-c2ccc(C([2H])([2H])C(C)C)c[n+]2C)c(C)c1. The summed E-state index contributed by atoms with van der Waals surface area (Å²) in [7, 11) is 7.29. The molecule has 78 heavy (non-hydrogen) atoms. The second-order valence-electron chi connectivity index (χ2n) is 22.0. The minimum absolute atomic E-state index is 0.0274. The first-order valence-corrected chi connectivity index (χ1v) is 26.4. The fourth-order valence-electron chi connectivity index (χ4n) is 9.20. The highest BCUT2D eigenvalue weighted by Gasteiger charge is 2.21. The zero-order valence-corrected chi connectivity index (χ0v) is 49.1. The molecule has 0 aliphatic rings. The maximum atomic E-state index is 8.67. The lowest BCUT2D eigenvalue weighted by atomic mass is 9.86. The molecule has 4 aromatic heterocycles. The van der Waals surface area contributed by atoms with Crippen LogP contribution in [-0.2, 0) is 47.3 Å². The molecule has 4 heteroatoms. The standard InChI is InChI=1S/C20H28N.3C18H24N/c1-14-8-9-18(15(2)10-14)19-11-17(12-20(4,5)6)16(3)13-21(19)7;1-12(2)17-11-19(6)18(10-15(17)5)16-8-7-13(3)9-14(16)4;1-13(2)10-16-7-9-18(19(5)12-16)17-8-6-14(3)11-15(17)4;1-13(2)10-16-8-9-19(5)18(12-16)17-7-6-14(3)11-15(17)4/h8-11,13H,12H2,1-7H3;7-12H,1-6H3;2*6-9,11-13H,10H2,1-5H3/q4*+1/i1D3,3D3,12D2;1D3,3D3,12D;2*3D3,10D2. The van der Waals surface area contributed by atoms with Crippen LogP contribution >= 0.6 is 0 Å². The molecule has 4 heterocycles. The minimum atomic E-state index is -2.47. The normalized spacial score (nSPS) is 18.3. The van der Waals surface area contributed by atoms with E-state index in [2.05, 4.69) is 0 Å². The molecule has 4 aromatic carbocycles. The molecule has 0 saturated carbocycles. The van der Waals surface area contributed by atoms with Crippen LogP contribution in [0.25, 0.3) is 45.0 Å². The summed E-state index contributed by atoms with van der Waals surface area (Å²) in [4.78, 5) is 0. The fraction of sp³-hybridized carbons (Fsp3) is 0.405. The second-order valence-corrected chi connectivity index (χ2v) is 22.0. The molecule has 0 bridgehead atoms. The van der Waals surface area contributed by atoms with Crippen molar-refractivity contribution < 1.29 is 52.5 Å². The van der Waals surface area contributed by atoms with Gasteiger partial charge in [0.25, 0.3) is 0 Å². The predicted molar refractivity (Wildman–Crippen MR) is 334 cm³/mol. The zero-order chi connectivity index (χ0) is 79.2. The molecule has 4 nitrogen and oxygen atoms in total. The van der Waals surface area contributed by atoms with Crippen molar-refractivity contribution in [2.24, 2.45) is 45.4 Å². The molecule has 0 spiro atoms. The smallest absolute Gasteiger partial charge is 0.201 e. The topological polar surface area (TPSA) is 15.5 Å². The molecule has 0 saturated heterocycles. The van der Waals surface area contributed by atoms with Crippen LogP contribution in [0.4, 0.5) is 0 Å². The molecule has 8 rings (SSSR count). The first-order valence-electron chi connectivity index (χ1n) is 38.9. The highest BCUT2D eigenvalue weighted by Crippen LogP contribution is 2.29. The van der Waals surface area contributed by atoms with E-state index in [1.54, 1.807) is 137 Å². The second kappa shape index (κ2) is 27.4. The van der Waals surface area contributed by atoms with Gasteiger partial charge in [0.2, 0.25) is 22.8 Å². The van der Waals surface area contributed by atoms with E-state index in [1.165, 1.54) is 19.2 Å². The molecule has 0 fully saturated rings. The summed E-state index contributed by atoms with van der Waals surface area (Å²) in [5, 5.41) is 0. The van der Waals surface area contributed by atoms with Crippen LogP contribution in [-0.4, -0.2) is 0 Å². The van der Waals surface area contributed by atoms with Crippen LogP contribution < -0.4 is 18.3 Å². The van der Waals surface area contributed by atoms with Gasteiger partial charge in [-0.25, -0.2) is 18.3 Å². The molecule has 1 atom stereocenters. The quantitative estimate of drug-likeness (QED) is 0.121. The number of hydrogen-bond donors (Lipinski definition) is 0. The summed E-state index contributed by atoms with van der Waals surface area (Å²) >= 11 is 0. The Kier molecular flexibility index (Phi) is 12.3. The Bertz CT molecular complexity index is 4350. The van der Waals surface area contributed by atoms with E-state index in [9.17, 15) is 0 Å². The average Bonchev–Trinajstić information content (AvgIpc) is 0.765. The van der Waals surface area contributed by atoms with Crippen LogP contribution in [0.2, 0.25) is 0 Å². The number of rotatable bonds is 10. The largest absolute Gasteiger partial charge is 0.212 e. The average molecular weight is 1070 g/mol. The van der Waals surface area contributed by atoms with Gasteiger partial charge in [-0.15, -0.1) is 0 Å². The van der Waals surface area contributed by atoms with Gasteiger partial charge in [-0.3, -0.25) is 0 Å². The van der Waals surface area contributed by atoms with Crippen LogP contribution in [0.15, 0.2) is 134 Å². The van der Waals surface area contributed by atoms with Crippen molar-refractivity contribution in [3.05, 3.63) is 212 Å². The van der Waals surface area contributed by atoms with Gasteiger partial charge in [0.05, 0.1) is 0 Å². The van der Waals surface area contributed by atoms with Crippen molar-refractivity contribution in [3.63, 3.8) is 0 Å². The number of hydrogen-bond acceptors (Lipinski definition) is 0. The third-order valence-electron chi connectivity index (χ3n) is 12.9. The molecule has 412 valence electrons. The highest BCUT2D eigenvalue weighted by atomic mass is 14.9. The third kappa shape index (κ3) is 17.5. The van der Waals surface area contributed by atoms with Gasteiger partial charge >= 0.3 is 0 Å². The number of nitrogens with zero attached hydrogens (tertiary/aromatic N) is 4. The summed E-state index contributed by atoms with van der Waals surface area (Å²) in [5.41, 5.74) is 12.9. The Morgan fingerprint density at radius 1 is 0.436 bits per heavy atom. The molecule has 0 N–H and O–H groups in total. The summed E-state index contributed by atoms with van der Waals surface area (Å²) in [6, 6.07) is 30.9. The van der Waals surface area contributed by atoms with Crippen molar-refractivity contribution in [2.45, 2.75) is 156 Å².